The van der Waals surface area contributed by atoms with E-state index in [0.717, 1.165) is 0 Å². The van der Waals surface area contributed by atoms with Crippen molar-refractivity contribution in [1.82, 2.24) is 4.90 Å². The normalized spacial score (nSPS) is 10.8. The fourth-order valence-corrected chi connectivity index (χ4v) is 1.07. The fraction of sp³-hybridized carbons (Fsp3) is 0.375. The Bertz CT molecular complexity index is 204. The molecule has 1 amide bonds. The van der Waals surface area contributed by atoms with Crippen LogP contribution < -0.4 is 0 Å². The van der Waals surface area contributed by atoms with Crippen molar-refractivity contribution in [2.75, 3.05) is 13.1 Å². The van der Waals surface area contributed by atoms with Gasteiger partial charge in [0.25, 0.3) is 5.91 Å². The minimum Gasteiger partial charge on any atom is -0.333 e. The van der Waals surface area contributed by atoms with Crippen molar-refractivity contribution in [2.24, 2.45) is 0 Å². The summed E-state index contributed by atoms with van der Waals surface area (Å²) in [4.78, 5) is 11.7. The number of rotatable bonds is 5. The predicted octanol–water partition coefficient (Wildman–Crippen LogP) is 2.56. The molecule has 0 saturated heterocycles. The largest absolute Gasteiger partial charge is 0.333 e. The number of nitrogens with zero attached hydrogens (tertiary/aromatic N) is 1. The molecule has 0 saturated carbocycles. The van der Waals surface area contributed by atoms with Crippen molar-refractivity contribution in [3.63, 3.8) is 0 Å². The first-order valence-corrected chi connectivity index (χ1v) is 4.87. The molecule has 13 heavy (non-hydrogen) atoms. The lowest BCUT2D eigenvalue weighted by Gasteiger charge is -2.19. The van der Waals surface area contributed by atoms with E-state index in [1.54, 1.807) is 12.2 Å². The van der Waals surface area contributed by atoms with Crippen LogP contribution in [0.1, 0.15) is 0 Å². The Morgan fingerprint density at radius 1 is 1.46 bits per heavy atom. The van der Waals surface area contributed by atoms with E-state index >= 15 is 0 Å². The number of halogens is 3. The van der Waals surface area contributed by atoms with Gasteiger partial charge in [0.05, 0.1) is 0 Å². The third-order valence-electron chi connectivity index (χ3n) is 1.26. The number of hydrogen-bond donors (Lipinski definition) is 0. The van der Waals surface area contributed by atoms with Crippen molar-refractivity contribution in [1.29, 1.82) is 0 Å². The lowest BCUT2D eigenvalue weighted by molar-refractivity contribution is -0.128. The topological polar surface area (TPSA) is 20.3 Å². The van der Waals surface area contributed by atoms with Gasteiger partial charge in [-0.15, -0.1) is 6.58 Å². The van der Waals surface area contributed by atoms with E-state index in [-0.39, 0.29) is 5.91 Å². The van der Waals surface area contributed by atoms with Gasteiger partial charge in [0.1, 0.15) is 0 Å². The second-order valence-electron chi connectivity index (χ2n) is 2.19. The summed E-state index contributed by atoms with van der Waals surface area (Å²) in [7, 11) is 0. The van der Waals surface area contributed by atoms with Gasteiger partial charge >= 0.3 is 0 Å². The smallest absolute Gasteiger partial charge is 0.256 e. The number of carbonyl (C=O) groups excluding carboxylic acids is 1. The van der Waals surface area contributed by atoms with Crippen LogP contribution in [0.4, 0.5) is 0 Å². The molecule has 5 heteroatoms. The van der Waals surface area contributed by atoms with E-state index in [4.69, 9.17) is 34.8 Å². The maximum absolute atomic E-state index is 11.3. The van der Waals surface area contributed by atoms with Gasteiger partial charge in [-0.2, -0.15) is 0 Å². The van der Waals surface area contributed by atoms with E-state index in [9.17, 15) is 4.79 Å². The second-order valence-corrected chi connectivity index (χ2v) is 3.54. The molecule has 0 unspecified atom stereocenters. The van der Waals surface area contributed by atoms with E-state index in [1.807, 2.05) is 0 Å². The van der Waals surface area contributed by atoms with Crippen molar-refractivity contribution >= 4 is 40.7 Å². The Labute approximate surface area is 92.7 Å². The first kappa shape index (κ1) is 12.8. The van der Waals surface area contributed by atoms with Crippen molar-refractivity contribution in [3.05, 3.63) is 24.3 Å². The highest BCUT2D eigenvalue weighted by molar-refractivity contribution is 6.53. The number of carbonyl (C=O) groups is 1. The Hall–Kier alpha value is -0.180. The molecule has 0 aromatic carbocycles. The highest BCUT2D eigenvalue weighted by atomic mass is 35.5. The van der Waals surface area contributed by atoms with Gasteiger partial charge in [0.2, 0.25) is 0 Å². The zero-order valence-corrected chi connectivity index (χ0v) is 9.19. The summed E-state index contributed by atoms with van der Waals surface area (Å²) < 4.78 is 0. The van der Waals surface area contributed by atoms with Gasteiger partial charge in [-0.3, -0.25) is 4.79 Å². The van der Waals surface area contributed by atoms with Crippen molar-refractivity contribution < 1.29 is 4.79 Å². The Balaban J connectivity index is 4.22. The van der Waals surface area contributed by atoms with Crippen molar-refractivity contribution in [3.8, 4) is 0 Å². The quantitative estimate of drug-likeness (QED) is 0.536. The summed E-state index contributed by atoms with van der Waals surface area (Å²) in [5.74, 6) is -0.349. The summed E-state index contributed by atoms with van der Waals surface area (Å²) in [6.07, 6.45) is 3.22. The zero-order valence-electron chi connectivity index (χ0n) is 6.92. The molecule has 0 aromatic heterocycles. The number of amides is 1. The molecule has 0 radical (unpaired) electrons. The Morgan fingerprint density at radius 3 is 2.46 bits per heavy atom. The van der Waals surface area contributed by atoms with Gasteiger partial charge < -0.3 is 4.90 Å². The SMILES string of the molecule is C=CCN(CC=CCl)C(=O)C(Cl)Cl. The fourth-order valence-electron chi connectivity index (χ4n) is 0.715. The molecule has 2 nitrogen and oxygen atoms in total. The van der Waals surface area contributed by atoms with Gasteiger partial charge in [-0.05, 0) is 0 Å². The lowest BCUT2D eigenvalue weighted by Crippen LogP contribution is -2.35. The van der Waals surface area contributed by atoms with Gasteiger partial charge in [0, 0.05) is 18.6 Å². The summed E-state index contributed by atoms with van der Waals surface area (Å²) in [5.41, 5.74) is 1.33. The molecule has 0 fully saturated rings. The minimum absolute atomic E-state index is 0.349. The molecule has 0 spiro atoms. The third kappa shape index (κ3) is 5.19. The zero-order chi connectivity index (χ0) is 10.3. The van der Waals surface area contributed by atoms with Crippen LogP contribution in [0.15, 0.2) is 24.3 Å². The van der Waals surface area contributed by atoms with E-state index in [1.165, 1.54) is 10.4 Å². The van der Waals surface area contributed by atoms with Crippen LogP contribution in [0.2, 0.25) is 0 Å². The molecule has 0 heterocycles. The first-order valence-electron chi connectivity index (χ1n) is 3.56. The van der Waals surface area contributed by atoms with Gasteiger partial charge in [-0.25, -0.2) is 0 Å². The summed E-state index contributed by atoms with van der Waals surface area (Å²) >= 11 is 16.2. The molecule has 0 bridgehead atoms. The maximum Gasteiger partial charge on any atom is 0.256 e. The van der Waals surface area contributed by atoms with Crippen LogP contribution in [0.3, 0.4) is 0 Å². The molecule has 0 atom stereocenters. The average Bonchev–Trinajstić information content (AvgIpc) is 2.11. The Morgan fingerprint density at radius 2 is 2.08 bits per heavy atom. The van der Waals surface area contributed by atoms with E-state index in [2.05, 4.69) is 6.58 Å². The first-order chi connectivity index (χ1) is 6.13. The molecule has 0 rings (SSSR count). The lowest BCUT2D eigenvalue weighted by atomic mass is 10.4. The van der Waals surface area contributed by atoms with Crippen LogP contribution >= 0.6 is 34.8 Å². The highest BCUT2D eigenvalue weighted by Gasteiger charge is 2.17. The van der Waals surface area contributed by atoms with Gasteiger partial charge in [0.15, 0.2) is 4.84 Å². The average molecular weight is 243 g/mol. The summed E-state index contributed by atoms with van der Waals surface area (Å²) in [6.45, 7) is 4.29. The molecular formula is C8H10Cl3NO. The Kier molecular flexibility index (Phi) is 7.14. The number of hydrogen-bond acceptors (Lipinski definition) is 1. The third-order valence-corrected chi connectivity index (χ3v) is 1.81. The minimum atomic E-state index is -1.04. The molecule has 0 aromatic rings. The summed E-state index contributed by atoms with van der Waals surface area (Å²) in [5, 5.41) is 0. The van der Waals surface area contributed by atoms with Crippen LogP contribution in [-0.4, -0.2) is 28.7 Å². The van der Waals surface area contributed by atoms with Crippen LogP contribution in [0.25, 0.3) is 0 Å². The van der Waals surface area contributed by atoms with Crippen molar-refractivity contribution in [2.45, 2.75) is 4.84 Å². The van der Waals surface area contributed by atoms with Gasteiger partial charge in [-0.1, -0.05) is 47.0 Å². The molecular weight excluding hydrogens is 232 g/mol. The number of alkyl halides is 2. The van der Waals surface area contributed by atoms with Crippen LogP contribution in [0.5, 0.6) is 0 Å². The summed E-state index contributed by atoms with van der Waals surface area (Å²) in [6, 6.07) is 0. The molecule has 74 valence electrons. The maximum atomic E-state index is 11.3. The standard InChI is InChI=1S/C8H10Cl3NO/c1-2-5-12(6-3-4-9)8(13)7(10)11/h2-4,7H,1,5-6H2. The highest BCUT2D eigenvalue weighted by Crippen LogP contribution is 2.07. The van der Waals surface area contributed by atoms with Crippen LogP contribution in [-0.2, 0) is 4.79 Å². The molecule has 0 aliphatic heterocycles. The molecule has 0 aliphatic rings. The van der Waals surface area contributed by atoms with E-state index < -0.39 is 4.84 Å². The monoisotopic (exact) mass is 241 g/mol. The molecule has 0 aliphatic carbocycles. The second kappa shape index (κ2) is 7.25. The van der Waals surface area contributed by atoms with E-state index in [0.29, 0.717) is 13.1 Å². The van der Waals surface area contributed by atoms with Crippen LogP contribution in [0, 0.1) is 0 Å². The molecule has 0 N–H and O–H groups in total. The predicted molar refractivity (Wildman–Crippen MR) is 57.3 cm³/mol.